The SMILES string of the molecule is Fc1c(F)c(F)c(C2=CC=CC2c2c(F)c(F)c(F)c(F)c2F)c(F)c1F. The van der Waals surface area contributed by atoms with Crippen LogP contribution in [0.4, 0.5) is 43.9 Å². The Morgan fingerprint density at radius 3 is 1.30 bits per heavy atom. The van der Waals surface area contributed by atoms with Crippen molar-refractivity contribution in [2.24, 2.45) is 0 Å². The Morgan fingerprint density at radius 2 is 0.852 bits per heavy atom. The number of hydrogen-bond donors (Lipinski definition) is 0. The predicted octanol–water partition coefficient (Wildman–Crippen LogP) is 5.81. The molecule has 0 saturated heterocycles. The van der Waals surface area contributed by atoms with Crippen molar-refractivity contribution in [3.05, 3.63) is 87.5 Å². The first-order valence-corrected chi connectivity index (χ1v) is 7.01. The molecule has 142 valence electrons. The van der Waals surface area contributed by atoms with Gasteiger partial charge in [0, 0.05) is 11.5 Å². The van der Waals surface area contributed by atoms with Crippen molar-refractivity contribution >= 4 is 5.57 Å². The van der Waals surface area contributed by atoms with Crippen LogP contribution in [0.15, 0.2) is 18.2 Å². The molecular weight excluding hydrogens is 394 g/mol. The monoisotopic (exact) mass is 398 g/mol. The highest BCUT2D eigenvalue weighted by Gasteiger charge is 2.36. The van der Waals surface area contributed by atoms with Gasteiger partial charge in [-0.1, -0.05) is 18.2 Å². The first kappa shape index (κ1) is 19.0. The van der Waals surface area contributed by atoms with Crippen LogP contribution in [0.3, 0.4) is 0 Å². The Hall–Kier alpha value is -2.78. The summed E-state index contributed by atoms with van der Waals surface area (Å²) in [6, 6.07) is 0. The van der Waals surface area contributed by atoms with Crippen LogP contribution >= 0.6 is 0 Å². The van der Waals surface area contributed by atoms with Crippen LogP contribution in [-0.2, 0) is 0 Å². The fourth-order valence-electron chi connectivity index (χ4n) is 2.72. The molecule has 1 atom stereocenters. The molecule has 1 unspecified atom stereocenters. The molecule has 0 aromatic heterocycles. The van der Waals surface area contributed by atoms with Crippen molar-refractivity contribution in [1.29, 1.82) is 0 Å². The highest BCUT2D eigenvalue weighted by atomic mass is 19.2. The summed E-state index contributed by atoms with van der Waals surface area (Å²) in [7, 11) is 0. The van der Waals surface area contributed by atoms with Gasteiger partial charge in [-0.15, -0.1) is 0 Å². The fraction of sp³-hybridized carbons (Fsp3) is 0.0588. The average Bonchev–Trinajstić information content (AvgIpc) is 3.10. The number of allylic oxidation sites excluding steroid dienone is 4. The van der Waals surface area contributed by atoms with Gasteiger partial charge in [0.1, 0.15) is 0 Å². The largest absolute Gasteiger partial charge is 0.203 e. The Morgan fingerprint density at radius 1 is 0.481 bits per heavy atom. The quantitative estimate of drug-likeness (QED) is 0.340. The fourth-order valence-corrected chi connectivity index (χ4v) is 2.72. The van der Waals surface area contributed by atoms with Gasteiger partial charge in [-0.05, 0) is 5.57 Å². The Labute approximate surface area is 144 Å². The van der Waals surface area contributed by atoms with E-state index in [1.807, 2.05) is 0 Å². The van der Waals surface area contributed by atoms with E-state index in [4.69, 9.17) is 0 Å². The van der Waals surface area contributed by atoms with Crippen molar-refractivity contribution in [3.8, 4) is 0 Å². The van der Waals surface area contributed by atoms with Crippen molar-refractivity contribution in [2.75, 3.05) is 0 Å². The Bertz CT molecular complexity index is 977. The van der Waals surface area contributed by atoms with E-state index in [1.165, 1.54) is 0 Å². The van der Waals surface area contributed by atoms with Gasteiger partial charge in [-0.3, -0.25) is 0 Å². The van der Waals surface area contributed by atoms with Gasteiger partial charge in [0.25, 0.3) is 0 Å². The van der Waals surface area contributed by atoms with Gasteiger partial charge in [-0.25, -0.2) is 43.9 Å². The molecular formula is C17H4F10. The summed E-state index contributed by atoms with van der Waals surface area (Å²) in [5.41, 5.74) is -3.90. The third-order valence-electron chi connectivity index (χ3n) is 3.97. The number of hydrogen-bond acceptors (Lipinski definition) is 0. The second-order valence-electron chi connectivity index (χ2n) is 5.41. The van der Waals surface area contributed by atoms with Crippen LogP contribution in [-0.4, -0.2) is 0 Å². The minimum absolute atomic E-state index is 0.737. The topological polar surface area (TPSA) is 0 Å². The molecule has 0 saturated carbocycles. The summed E-state index contributed by atoms with van der Waals surface area (Å²) < 4.78 is 136. The van der Waals surface area contributed by atoms with E-state index >= 15 is 0 Å². The van der Waals surface area contributed by atoms with E-state index in [9.17, 15) is 43.9 Å². The van der Waals surface area contributed by atoms with Crippen molar-refractivity contribution in [1.82, 2.24) is 0 Å². The third kappa shape index (κ3) is 2.62. The van der Waals surface area contributed by atoms with Crippen molar-refractivity contribution in [2.45, 2.75) is 5.92 Å². The molecule has 0 spiro atoms. The maximum Gasteiger partial charge on any atom is 0.200 e. The number of rotatable bonds is 2. The summed E-state index contributed by atoms with van der Waals surface area (Å²) in [5, 5.41) is 0. The minimum atomic E-state index is -2.46. The first-order valence-electron chi connectivity index (χ1n) is 7.01. The molecule has 27 heavy (non-hydrogen) atoms. The smallest absolute Gasteiger partial charge is 0.200 e. The van der Waals surface area contributed by atoms with E-state index < -0.39 is 80.8 Å². The molecule has 0 radical (unpaired) electrons. The van der Waals surface area contributed by atoms with E-state index in [0.29, 0.717) is 0 Å². The lowest BCUT2D eigenvalue weighted by Gasteiger charge is -2.19. The highest BCUT2D eigenvalue weighted by molar-refractivity contribution is 5.78. The van der Waals surface area contributed by atoms with E-state index in [-0.39, 0.29) is 0 Å². The lowest BCUT2D eigenvalue weighted by molar-refractivity contribution is 0.369. The maximum atomic E-state index is 14.0. The molecule has 0 N–H and O–H groups in total. The van der Waals surface area contributed by atoms with Gasteiger partial charge in [0.2, 0.25) is 11.6 Å². The van der Waals surface area contributed by atoms with Crippen LogP contribution in [0.5, 0.6) is 0 Å². The van der Waals surface area contributed by atoms with Gasteiger partial charge in [0.15, 0.2) is 46.5 Å². The lowest BCUT2D eigenvalue weighted by atomic mass is 9.87. The third-order valence-corrected chi connectivity index (χ3v) is 3.97. The zero-order valence-electron chi connectivity index (χ0n) is 12.6. The van der Waals surface area contributed by atoms with Gasteiger partial charge < -0.3 is 0 Å². The van der Waals surface area contributed by atoms with Crippen LogP contribution in [0.1, 0.15) is 17.0 Å². The molecule has 0 fully saturated rings. The Balaban J connectivity index is 2.27. The van der Waals surface area contributed by atoms with Crippen LogP contribution in [0.25, 0.3) is 5.57 Å². The molecule has 0 aliphatic heterocycles. The van der Waals surface area contributed by atoms with E-state index in [2.05, 4.69) is 0 Å². The molecule has 3 rings (SSSR count). The molecule has 1 aliphatic carbocycles. The zero-order valence-corrected chi connectivity index (χ0v) is 12.6. The van der Waals surface area contributed by atoms with Crippen LogP contribution < -0.4 is 0 Å². The normalized spacial score (nSPS) is 16.2. The molecule has 1 aliphatic rings. The molecule has 10 heteroatoms. The predicted molar refractivity (Wildman–Crippen MR) is 72.3 cm³/mol. The molecule has 0 heterocycles. The van der Waals surface area contributed by atoms with Crippen LogP contribution in [0.2, 0.25) is 0 Å². The standard InChI is InChI=1S/C17H4F10/c18-8-6(9(19)13(23)16(26)12(8)22)4-2-1-3-5(4)7-10(20)14(24)17(27)15(25)11(7)21/h1-4H. The zero-order chi connectivity index (χ0) is 20.2. The van der Waals surface area contributed by atoms with E-state index in [1.54, 1.807) is 0 Å². The summed E-state index contributed by atoms with van der Waals surface area (Å²) in [6.07, 6.45) is 2.43. The summed E-state index contributed by atoms with van der Waals surface area (Å²) in [5.74, 6) is -25.4. The second kappa shape index (κ2) is 6.43. The van der Waals surface area contributed by atoms with Gasteiger partial charge >= 0.3 is 0 Å². The van der Waals surface area contributed by atoms with Crippen molar-refractivity contribution < 1.29 is 43.9 Å². The summed E-state index contributed by atoms with van der Waals surface area (Å²) >= 11 is 0. The van der Waals surface area contributed by atoms with E-state index in [0.717, 1.165) is 18.2 Å². The minimum Gasteiger partial charge on any atom is -0.203 e. The number of benzene rings is 2. The summed E-state index contributed by atoms with van der Waals surface area (Å²) in [6.45, 7) is 0. The molecule has 0 amide bonds. The highest BCUT2D eigenvalue weighted by Crippen LogP contribution is 2.43. The van der Waals surface area contributed by atoms with Crippen molar-refractivity contribution in [3.63, 3.8) is 0 Å². The molecule has 2 aromatic rings. The summed E-state index contributed by atoms with van der Waals surface area (Å²) in [4.78, 5) is 0. The first-order chi connectivity index (χ1) is 12.6. The maximum absolute atomic E-state index is 14.0. The van der Waals surface area contributed by atoms with Gasteiger partial charge in [0.05, 0.1) is 5.56 Å². The van der Waals surface area contributed by atoms with Gasteiger partial charge in [-0.2, -0.15) is 0 Å². The average molecular weight is 398 g/mol. The molecule has 0 nitrogen and oxygen atoms in total. The Kier molecular flexibility index (Phi) is 4.52. The molecule has 0 bridgehead atoms. The number of halogens is 10. The second-order valence-corrected chi connectivity index (χ2v) is 5.41. The van der Waals surface area contributed by atoms with Crippen LogP contribution in [0, 0.1) is 58.2 Å². The lowest BCUT2D eigenvalue weighted by Crippen LogP contribution is -2.13. The molecule has 2 aromatic carbocycles.